The highest BCUT2D eigenvalue weighted by molar-refractivity contribution is 6.36. The lowest BCUT2D eigenvalue weighted by molar-refractivity contribution is 0.0926. The lowest BCUT2D eigenvalue weighted by Gasteiger charge is -2.18. The Hall–Kier alpha value is -5.81. The third-order valence-electron chi connectivity index (χ3n) is 8.37. The van der Waals surface area contributed by atoms with Gasteiger partial charge >= 0.3 is 0 Å². The number of hydrogen-bond donors (Lipinski definition) is 0. The van der Waals surface area contributed by atoms with Crippen molar-refractivity contribution in [3.05, 3.63) is 150 Å². The fourth-order valence-corrected chi connectivity index (χ4v) is 6.40. The zero-order chi connectivity index (χ0) is 29.1. The van der Waals surface area contributed by atoms with Gasteiger partial charge in [0.15, 0.2) is 0 Å². The molecule has 5 heteroatoms. The molecular weight excluding hydrogens is 530 g/mol. The van der Waals surface area contributed by atoms with Crippen molar-refractivity contribution in [2.75, 3.05) is 4.90 Å². The first-order chi connectivity index (χ1) is 21.1. The van der Waals surface area contributed by atoms with Crippen molar-refractivity contribution in [1.82, 2.24) is 9.55 Å². The maximum absolute atomic E-state index is 14.3. The van der Waals surface area contributed by atoms with Crippen molar-refractivity contribution in [2.24, 2.45) is 0 Å². The largest absolute Gasteiger partial charge is 0.308 e. The molecule has 43 heavy (non-hydrogen) atoms. The molecule has 0 unspecified atom stereocenters. The molecule has 0 spiro atoms. The van der Waals surface area contributed by atoms with Gasteiger partial charge in [-0.05, 0) is 71.6 Å². The van der Waals surface area contributed by atoms with Crippen LogP contribution in [0.2, 0.25) is 0 Å². The third kappa shape index (κ3) is 3.75. The summed E-state index contributed by atoms with van der Waals surface area (Å²) in [6.07, 6.45) is 3.69. The maximum atomic E-state index is 14.3. The Morgan fingerprint density at radius 2 is 1.28 bits per heavy atom. The Bertz CT molecular complexity index is 2250. The standard InChI is InChI=1S/C38H25N3O2/c1-24-23-39-21-20-27(24)26-18-19-34-31(22-26)29-13-6-8-16-33(29)40(34)35-17-9-14-30-36(35)38(43)41(37(30)42)32-15-7-5-12-28(32)25-10-3-2-4-11-25/h2-23H,1H3. The molecule has 0 fully saturated rings. The first kappa shape index (κ1) is 24.9. The van der Waals surface area contributed by atoms with Crippen LogP contribution in [0.25, 0.3) is 49.7 Å². The van der Waals surface area contributed by atoms with Crippen molar-refractivity contribution in [2.45, 2.75) is 6.92 Å². The van der Waals surface area contributed by atoms with Gasteiger partial charge in [0.05, 0.1) is 33.5 Å². The summed E-state index contributed by atoms with van der Waals surface area (Å²) in [7, 11) is 0. The van der Waals surface area contributed by atoms with Crippen LogP contribution in [0.5, 0.6) is 0 Å². The fraction of sp³-hybridized carbons (Fsp3) is 0.0263. The van der Waals surface area contributed by atoms with Crippen molar-refractivity contribution in [1.29, 1.82) is 0 Å². The van der Waals surface area contributed by atoms with Gasteiger partial charge in [-0.1, -0.05) is 78.9 Å². The van der Waals surface area contributed by atoms with Crippen molar-refractivity contribution < 1.29 is 9.59 Å². The number of benzene rings is 5. The number of carbonyl (C=O) groups excluding carboxylic acids is 2. The molecule has 2 aromatic heterocycles. The molecule has 0 atom stereocenters. The molecule has 7 aromatic rings. The van der Waals surface area contributed by atoms with E-state index in [1.54, 1.807) is 6.07 Å². The van der Waals surface area contributed by atoms with E-state index in [2.05, 4.69) is 46.8 Å². The number of para-hydroxylation sites is 2. The van der Waals surface area contributed by atoms with Gasteiger partial charge in [0.1, 0.15) is 0 Å². The SMILES string of the molecule is Cc1cnccc1-c1ccc2c(c1)c1ccccc1n2-c1cccc2c1C(=O)N(c1ccccc1-c1ccccc1)C2=O. The Labute approximate surface area is 248 Å². The topological polar surface area (TPSA) is 55.2 Å². The monoisotopic (exact) mass is 555 g/mol. The zero-order valence-corrected chi connectivity index (χ0v) is 23.4. The summed E-state index contributed by atoms with van der Waals surface area (Å²) in [4.78, 5) is 33.9. The van der Waals surface area contributed by atoms with Gasteiger partial charge in [-0.2, -0.15) is 0 Å². The molecular formula is C38H25N3O2. The molecule has 0 N–H and O–H groups in total. The van der Waals surface area contributed by atoms with E-state index in [0.29, 0.717) is 22.5 Å². The van der Waals surface area contributed by atoms with Crippen LogP contribution in [-0.4, -0.2) is 21.4 Å². The van der Waals surface area contributed by atoms with E-state index in [-0.39, 0.29) is 11.8 Å². The molecule has 0 radical (unpaired) electrons. The van der Waals surface area contributed by atoms with Crippen LogP contribution in [0.15, 0.2) is 134 Å². The molecule has 5 aromatic carbocycles. The quantitative estimate of drug-likeness (QED) is 0.204. The first-order valence-corrected chi connectivity index (χ1v) is 14.2. The molecule has 1 aliphatic rings. The van der Waals surface area contributed by atoms with Crippen LogP contribution in [0.4, 0.5) is 5.69 Å². The molecule has 0 aliphatic carbocycles. The molecule has 2 amide bonds. The van der Waals surface area contributed by atoms with Crippen LogP contribution >= 0.6 is 0 Å². The minimum atomic E-state index is -0.325. The number of pyridine rings is 1. The first-order valence-electron chi connectivity index (χ1n) is 14.2. The number of hydrogen-bond acceptors (Lipinski definition) is 3. The van der Waals surface area contributed by atoms with Gasteiger partial charge in [0, 0.05) is 28.7 Å². The van der Waals surface area contributed by atoms with Crippen LogP contribution in [0.3, 0.4) is 0 Å². The van der Waals surface area contributed by atoms with Gasteiger partial charge in [-0.3, -0.25) is 14.6 Å². The second-order valence-electron chi connectivity index (χ2n) is 10.8. The summed E-state index contributed by atoms with van der Waals surface area (Å²) in [5.41, 5.74) is 9.11. The molecule has 0 bridgehead atoms. The van der Waals surface area contributed by atoms with Crippen LogP contribution < -0.4 is 4.90 Å². The average Bonchev–Trinajstić information content (AvgIpc) is 3.52. The summed E-state index contributed by atoms with van der Waals surface area (Å²) < 4.78 is 2.12. The predicted molar refractivity (Wildman–Crippen MR) is 172 cm³/mol. The molecule has 8 rings (SSSR count). The minimum absolute atomic E-state index is 0.318. The number of carbonyl (C=O) groups is 2. The Morgan fingerprint density at radius 3 is 2.14 bits per heavy atom. The molecule has 3 heterocycles. The van der Waals surface area contributed by atoms with E-state index in [1.807, 2.05) is 97.3 Å². The minimum Gasteiger partial charge on any atom is -0.308 e. The van der Waals surface area contributed by atoms with Crippen molar-refractivity contribution in [3.8, 4) is 27.9 Å². The Balaban J connectivity index is 1.33. The Kier molecular flexibility index (Phi) is 5.59. The van der Waals surface area contributed by atoms with E-state index >= 15 is 0 Å². The second kappa shape index (κ2) is 9.64. The summed E-state index contributed by atoms with van der Waals surface area (Å²) in [6.45, 7) is 2.06. The van der Waals surface area contributed by atoms with Gasteiger partial charge in [0.2, 0.25) is 0 Å². The normalized spacial score (nSPS) is 12.8. The predicted octanol–water partition coefficient (Wildman–Crippen LogP) is 8.62. The van der Waals surface area contributed by atoms with Crippen LogP contribution in [0.1, 0.15) is 26.3 Å². The van der Waals surface area contributed by atoms with Gasteiger partial charge in [-0.15, -0.1) is 0 Å². The number of anilines is 1. The van der Waals surface area contributed by atoms with E-state index in [9.17, 15) is 9.59 Å². The third-order valence-corrected chi connectivity index (χ3v) is 8.37. The second-order valence-corrected chi connectivity index (χ2v) is 10.8. The number of fused-ring (bicyclic) bond motifs is 4. The highest BCUT2D eigenvalue weighted by Crippen LogP contribution is 2.41. The van der Waals surface area contributed by atoms with Gasteiger partial charge < -0.3 is 4.57 Å². The van der Waals surface area contributed by atoms with Crippen LogP contribution in [-0.2, 0) is 0 Å². The molecule has 1 aliphatic heterocycles. The van der Waals surface area contributed by atoms with E-state index in [0.717, 1.165) is 49.6 Å². The van der Waals surface area contributed by atoms with Crippen molar-refractivity contribution >= 4 is 39.3 Å². The summed E-state index contributed by atoms with van der Waals surface area (Å²) in [6, 6.07) is 39.6. The molecule has 5 nitrogen and oxygen atoms in total. The van der Waals surface area contributed by atoms with E-state index in [4.69, 9.17) is 0 Å². The number of aryl methyl sites for hydroxylation is 1. The molecule has 0 saturated carbocycles. The van der Waals surface area contributed by atoms with Crippen molar-refractivity contribution in [3.63, 3.8) is 0 Å². The number of imide groups is 1. The maximum Gasteiger partial charge on any atom is 0.268 e. The van der Waals surface area contributed by atoms with Gasteiger partial charge in [0.25, 0.3) is 11.8 Å². The van der Waals surface area contributed by atoms with Gasteiger partial charge in [-0.25, -0.2) is 4.90 Å². The number of rotatable bonds is 4. The molecule has 0 saturated heterocycles. The highest BCUT2D eigenvalue weighted by Gasteiger charge is 2.40. The highest BCUT2D eigenvalue weighted by atomic mass is 16.2. The smallest absolute Gasteiger partial charge is 0.268 e. The van der Waals surface area contributed by atoms with Crippen LogP contribution in [0, 0.1) is 6.92 Å². The molecule has 204 valence electrons. The number of aromatic nitrogens is 2. The number of nitrogens with zero attached hydrogens (tertiary/aromatic N) is 3. The lowest BCUT2D eigenvalue weighted by atomic mass is 10.0. The number of amides is 2. The Morgan fingerprint density at radius 1 is 0.558 bits per heavy atom. The zero-order valence-electron chi connectivity index (χ0n) is 23.4. The van der Waals surface area contributed by atoms with E-state index < -0.39 is 0 Å². The summed E-state index contributed by atoms with van der Waals surface area (Å²) in [5, 5.41) is 2.15. The average molecular weight is 556 g/mol. The summed E-state index contributed by atoms with van der Waals surface area (Å²) >= 11 is 0. The fourth-order valence-electron chi connectivity index (χ4n) is 6.40. The summed E-state index contributed by atoms with van der Waals surface area (Å²) in [5.74, 6) is -0.643. The van der Waals surface area contributed by atoms with E-state index in [1.165, 1.54) is 4.90 Å². The lowest BCUT2D eigenvalue weighted by Crippen LogP contribution is -2.30.